The summed E-state index contributed by atoms with van der Waals surface area (Å²) in [7, 11) is 0. The van der Waals surface area contributed by atoms with Crippen LogP contribution in [0, 0.1) is 24.1 Å². The normalized spacial score (nSPS) is 9.50. The number of hydrogen-bond acceptors (Lipinski definition) is 2. The van der Waals surface area contributed by atoms with Gasteiger partial charge in [-0.2, -0.15) is 5.26 Å². The van der Waals surface area contributed by atoms with Crippen molar-refractivity contribution in [1.82, 2.24) is 0 Å². The summed E-state index contributed by atoms with van der Waals surface area (Å²) in [4.78, 5) is 0. The first-order chi connectivity index (χ1) is 5.57. The van der Waals surface area contributed by atoms with E-state index in [1.165, 1.54) is 13.0 Å². The number of benzene rings is 1. The molecule has 0 aromatic heterocycles. The van der Waals surface area contributed by atoms with E-state index in [9.17, 15) is 4.39 Å². The fourth-order valence-corrected chi connectivity index (χ4v) is 1.19. The van der Waals surface area contributed by atoms with E-state index in [1.54, 1.807) is 6.07 Å². The summed E-state index contributed by atoms with van der Waals surface area (Å²) in [6.07, 6.45) is 0. The molecule has 0 fully saturated rings. The average molecular weight is 230 g/mol. The highest BCUT2D eigenvalue weighted by atomic mass is 79.9. The predicted molar refractivity (Wildman–Crippen MR) is 45.2 cm³/mol. The topological polar surface area (TPSA) is 44.0 Å². The van der Waals surface area contributed by atoms with Crippen LogP contribution in [0.4, 0.5) is 4.39 Å². The standard InChI is InChI=1S/C8H5BrFNO/c1-4-6(9)2-5(3-11)8(12)7(4)10/h2,12H,1H3. The summed E-state index contributed by atoms with van der Waals surface area (Å²) < 4.78 is 13.5. The van der Waals surface area contributed by atoms with Crippen LogP contribution < -0.4 is 0 Å². The molecule has 12 heavy (non-hydrogen) atoms. The lowest BCUT2D eigenvalue weighted by molar-refractivity contribution is 0.428. The molecule has 0 spiro atoms. The van der Waals surface area contributed by atoms with Crippen LogP contribution in [-0.2, 0) is 0 Å². The first kappa shape index (κ1) is 9.01. The molecule has 1 rings (SSSR count). The molecule has 0 bridgehead atoms. The molecule has 4 heteroatoms. The van der Waals surface area contributed by atoms with Gasteiger partial charge in [0.15, 0.2) is 11.6 Å². The van der Waals surface area contributed by atoms with E-state index in [0.717, 1.165) is 0 Å². The molecule has 0 heterocycles. The summed E-state index contributed by atoms with van der Waals surface area (Å²) in [5.41, 5.74) is 0.233. The Morgan fingerprint density at radius 3 is 2.75 bits per heavy atom. The lowest BCUT2D eigenvalue weighted by Gasteiger charge is -2.03. The molecule has 0 radical (unpaired) electrons. The molecule has 1 aromatic carbocycles. The van der Waals surface area contributed by atoms with Gasteiger partial charge in [0.25, 0.3) is 0 Å². The molecule has 0 amide bonds. The van der Waals surface area contributed by atoms with Crippen molar-refractivity contribution in [3.63, 3.8) is 0 Å². The van der Waals surface area contributed by atoms with E-state index in [4.69, 9.17) is 10.4 Å². The molecule has 0 unspecified atom stereocenters. The van der Waals surface area contributed by atoms with Crippen LogP contribution in [0.5, 0.6) is 5.75 Å². The van der Waals surface area contributed by atoms with Gasteiger partial charge in [-0.15, -0.1) is 0 Å². The third-order valence-corrected chi connectivity index (χ3v) is 2.37. The SMILES string of the molecule is Cc1c(Br)cc(C#N)c(O)c1F. The van der Waals surface area contributed by atoms with Crippen LogP contribution in [-0.4, -0.2) is 5.11 Å². The highest BCUT2D eigenvalue weighted by Gasteiger charge is 2.12. The predicted octanol–water partition coefficient (Wildman–Crippen LogP) is 2.47. The second-order valence-corrected chi connectivity index (χ2v) is 3.16. The first-order valence-corrected chi connectivity index (χ1v) is 3.95. The fraction of sp³-hybridized carbons (Fsp3) is 0.125. The Labute approximate surface area is 77.4 Å². The molecule has 0 atom stereocenters. The molecule has 62 valence electrons. The van der Waals surface area contributed by atoms with Crippen molar-refractivity contribution in [2.24, 2.45) is 0 Å². The zero-order chi connectivity index (χ0) is 9.30. The van der Waals surface area contributed by atoms with Gasteiger partial charge in [-0.05, 0) is 13.0 Å². The number of hydrogen-bond donors (Lipinski definition) is 1. The van der Waals surface area contributed by atoms with Crippen molar-refractivity contribution in [2.75, 3.05) is 0 Å². The van der Waals surface area contributed by atoms with Gasteiger partial charge >= 0.3 is 0 Å². The molecule has 2 nitrogen and oxygen atoms in total. The van der Waals surface area contributed by atoms with E-state index >= 15 is 0 Å². The number of halogens is 2. The zero-order valence-corrected chi connectivity index (χ0v) is 7.81. The minimum atomic E-state index is -0.749. The maximum atomic E-state index is 13.0. The Hall–Kier alpha value is -1.08. The molecule has 0 saturated heterocycles. The Balaban J connectivity index is 3.52. The van der Waals surface area contributed by atoms with E-state index in [2.05, 4.69) is 15.9 Å². The van der Waals surface area contributed by atoms with E-state index in [0.29, 0.717) is 10.0 Å². The Morgan fingerprint density at radius 2 is 2.25 bits per heavy atom. The van der Waals surface area contributed by atoms with E-state index < -0.39 is 11.6 Å². The third kappa shape index (κ3) is 1.28. The van der Waals surface area contributed by atoms with Crippen molar-refractivity contribution in [2.45, 2.75) is 6.92 Å². The molecular formula is C8H5BrFNO. The number of rotatable bonds is 0. The summed E-state index contributed by atoms with van der Waals surface area (Å²) in [5, 5.41) is 17.5. The summed E-state index contributed by atoms with van der Waals surface area (Å²) >= 11 is 3.07. The Bertz CT molecular complexity index is 370. The number of phenols is 1. The monoisotopic (exact) mass is 229 g/mol. The molecular weight excluding hydrogens is 225 g/mol. The summed E-state index contributed by atoms with van der Waals surface area (Å²) in [5.74, 6) is -1.33. The number of nitrogens with zero attached hydrogens (tertiary/aromatic N) is 1. The second kappa shape index (κ2) is 3.11. The van der Waals surface area contributed by atoms with Gasteiger partial charge in [0.05, 0.1) is 5.56 Å². The van der Waals surface area contributed by atoms with Gasteiger partial charge in [0, 0.05) is 10.0 Å². The minimum absolute atomic E-state index is 0.0648. The van der Waals surface area contributed by atoms with Gasteiger partial charge in [-0.1, -0.05) is 15.9 Å². The van der Waals surface area contributed by atoms with Crippen molar-refractivity contribution >= 4 is 15.9 Å². The number of nitriles is 1. The maximum absolute atomic E-state index is 13.0. The maximum Gasteiger partial charge on any atom is 0.170 e. The van der Waals surface area contributed by atoms with Crippen molar-refractivity contribution in [3.8, 4) is 11.8 Å². The molecule has 1 aromatic rings. The lowest BCUT2D eigenvalue weighted by atomic mass is 10.1. The number of aromatic hydroxyl groups is 1. The third-order valence-electron chi connectivity index (χ3n) is 1.54. The second-order valence-electron chi connectivity index (χ2n) is 2.31. The first-order valence-electron chi connectivity index (χ1n) is 3.15. The minimum Gasteiger partial charge on any atom is -0.504 e. The zero-order valence-electron chi connectivity index (χ0n) is 6.23. The van der Waals surface area contributed by atoms with Gasteiger partial charge in [-0.3, -0.25) is 0 Å². The van der Waals surface area contributed by atoms with Crippen LogP contribution in [0.15, 0.2) is 10.5 Å². The van der Waals surface area contributed by atoms with Crippen LogP contribution in [0.3, 0.4) is 0 Å². The van der Waals surface area contributed by atoms with Crippen LogP contribution in [0.25, 0.3) is 0 Å². The average Bonchev–Trinajstić information content (AvgIpc) is 2.08. The Morgan fingerprint density at radius 1 is 1.67 bits per heavy atom. The largest absolute Gasteiger partial charge is 0.504 e. The highest BCUT2D eigenvalue weighted by Crippen LogP contribution is 2.29. The van der Waals surface area contributed by atoms with Crippen molar-refractivity contribution in [3.05, 3.63) is 27.5 Å². The quantitative estimate of drug-likeness (QED) is 0.743. The Kier molecular flexibility index (Phi) is 2.34. The van der Waals surface area contributed by atoms with E-state index in [-0.39, 0.29) is 5.56 Å². The van der Waals surface area contributed by atoms with Gasteiger partial charge < -0.3 is 5.11 Å². The van der Waals surface area contributed by atoms with Crippen LogP contribution in [0.1, 0.15) is 11.1 Å². The smallest absolute Gasteiger partial charge is 0.170 e. The summed E-state index contributed by atoms with van der Waals surface area (Å²) in [6, 6.07) is 3.07. The highest BCUT2D eigenvalue weighted by molar-refractivity contribution is 9.10. The molecule has 0 aliphatic rings. The van der Waals surface area contributed by atoms with Gasteiger partial charge in [-0.25, -0.2) is 4.39 Å². The van der Waals surface area contributed by atoms with E-state index in [1.807, 2.05) is 0 Å². The fourth-order valence-electron chi connectivity index (χ4n) is 0.789. The van der Waals surface area contributed by atoms with Crippen LogP contribution >= 0.6 is 15.9 Å². The van der Waals surface area contributed by atoms with Gasteiger partial charge in [0.1, 0.15) is 6.07 Å². The lowest BCUT2D eigenvalue weighted by Crippen LogP contribution is -1.88. The number of phenolic OH excluding ortho intramolecular Hbond substituents is 1. The summed E-state index contributed by atoms with van der Waals surface area (Å²) in [6.45, 7) is 1.51. The van der Waals surface area contributed by atoms with Crippen molar-refractivity contribution < 1.29 is 9.50 Å². The molecule has 0 saturated carbocycles. The molecule has 1 N–H and O–H groups in total. The van der Waals surface area contributed by atoms with Gasteiger partial charge in [0.2, 0.25) is 0 Å². The van der Waals surface area contributed by atoms with Crippen molar-refractivity contribution in [1.29, 1.82) is 5.26 Å². The molecule has 0 aliphatic heterocycles. The van der Waals surface area contributed by atoms with Crippen LogP contribution in [0.2, 0.25) is 0 Å². The molecule has 0 aliphatic carbocycles.